The summed E-state index contributed by atoms with van der Waals surface area (Å²) in [4.78, 5) is 15.8. The fourth-order valence-electron chi connectivity index (χ4n) is 3.44. The molecule has 1 saturated heterocycles. The van der Waals surface area contributed by atoms with E-state index in [4.69, 9.17) is 0 Å². The molecule has 1 heterocycles. The third-order valence-electron chi connectivity index (χ3n) is 4.80. The summed E-state index contributed by atoms with van der Waals surface area (Å²) in [5.74, 6) is -0.131. The molecule has 0 aliphatic carbocycles. The van der Waals surface area contributed by atoms with Crippen LogP contribution < -0.4 is 0 Å². The van der Waals surface area contributed by atoms with Crippen molar-refractivity contribution in [2.45, 2.75) is 44.8 Å². The molecule has 120 valence electrons. The summed E-state index contributed by atoms with van der Waals surface area (Å²) >= 11 is 0. The van der Waals surface area contributed by atoms with Crippen LogP contribution in [0, 0.1) is 5.82 Å². The summed E-state index contributed by atoms with van der Waals surface area (Å²) in [7, 11) is 1.84. The molecule has 0 unspecified atom stereocenters. The number of hydrogen-bond acceptors (Lipinski definition) is 2. The minimum Gasteiger partial charge on any atom is -0.342 e. The zero-order chi connectivity index (χ0) is 16.3. The lowest BCUT2D eigenvalue weighted by molar-refractivity contribution is -0.130. The predicted octanol–water partition coefficient (Wildman–Crippen LogP) is 3.38. The zero-order valence-corrected chi connectivity index (χ0v) is 13.6. The second kappa shape index (κ2) is 7.05. The molecule has 2 rings (SSSR count). The van der Waals surface area contributed by atoms with E-state index in [9.17, 15) is 9.18 Å². The first-order valence-corrected chi connectivity index (χ1v) is 7.81. The number of amides is 1. The highest BCUT2D eigenvalue weighted by Gasteiger charge is 2.38. The van der Waals surface area contributed by atoms with E-state index in [1.54, 1.807) is 24.0 Å². The Hall–Kier alpha value is -1.68. The summed E-state index contributed by atoms with van der Waals surface area (Å²) in [6.07, 6.45) is 3.84. The molecule has 0 radical (unpaired) electrons. The number of rotatable bonds is 5. The Morgan fingerprint density at radius 1 is 1.55 bits per heavy atom. The van der Waals surface area contributed by atoms with Crippen LogP contribution in [0.4, 0.5) is 4.39 Å². The highest BCUT2D eigenvalue weighted by atomic mass is 19.1. The SMILES string of the molecule is C=CCN1[C@@H]([C@H](C)N(C)C(C)=O)CC[C@H]1c1cccc(F)c1. The van der Waals surface area contributed by atoms with Crippen LogP contribution in [0.5, 0.6) is 0 Å². The van der Waals surface area contributed by atoms with Crippen molar-refractivity contribution >= 4 is 5.91 Å². The molecule has 0 aromatic heterocycles. The first-order valence-electron chi connectivity index (χ1n) is 7.81. The highest BCUT2D eigenvalue weighted by Crippen LogP contribution is 2.38. The number of carbonyl (C=O) groups is 1. The summed E-state index contributed by atoms with van der Waals surface area (Å²) in [6, 6.07) is 7.39. The molecule has 1 amide bonds. The monoisotopic (exact) mass is 304 g/mol. The van der Waals surface area contributed by atoms with Gasteiger partial charge in [0.1, 0.15) is 5.82 Å². The molecule has 1 fully saturated rings. The maximum atomic E-state index is 13.5. The van der Waals surface area contributed by atoms with Crippen LogP contribution in [-0.2, 0) is 4.79 Å². The van der Waals surface area contributed by atoms with Crippen molar-refractivity contribution in [3.63, 3.8) is 0 Å². The maximum absolute atomic E-state index is 13.5. The van der Waals surface area contributed by atoms with Gasteiger partial charge >= 0.3 is 0 Å². The van der Waals surface area contributed by atoms with Gasteiger partial charge in [0.25, 0.3) is 0 Å². The Morgan fingerprint density at radius 2 is 2.27 bits per heavy atom. The molecule has 1 aromatic carbocycles. The van der Waals surface area contributed by atoms with Gasteiger partial charge in [0.05, 0.1) is 0 Å². The number of carbonyl (C=O) groups excluding carboxylic acids is 1. The van der Waals surface area contributed by atoms with Gasteiger partial charge in [0, 0.05) is 38.6 Å². The van der Waals surface area contributed by atoms with E-state index in [1.165, 1.54) is 6.07 Å². The lowest BCUT2D eigenvalue weighted by Gasteiger charge is -2.36. The fraction of sp³-hybridized carbons (Fsp3) is 0.500. The summed E-state index contributed by atoms with van der Waals surface area (Å²) in [5.41, 5.74) is 1.00. The largest absolute Gasteiger partial charge is 0.342 e. The number of nitrogens with zero attached hydrogens (tertiary/aromatic N) is 2. The Morgan fingerprint density at radius 3 is 2.86 bits per heavy atom. The van der Waals surface area contributed by atoms with E-state index >= 15 is 0 Å². The van der Waals surface area contributed by atoms with Crippen LogP contribution in [0.3, 0.4) is 0 Å². The van der Waals surface area contributed by atoms with Gasteiger partial charge in [-0.05, 0) is 37.5 Å². The number of likely N-dealkylation sites (tertiary alicyclic amines) is 1. The normalized spacial score (nSPS) is 23.3. The van der Waals surface area contributed by atoms with E-state index in [2.05, 4.69) is 18.4 Å². The molecule has 4 heteroatoms. The minimum absolute atomic E-state index is 0.0697. The van der Waals surface area contributed by atoms with Gasteiger partial charge in [-0.15, -0.1) is 6.58 Å². The van der Waals surface area contributed by atoms with Gasteiger partial charge in [-0.3, -0.25) is 9.69 Å². The molecule has 1 aliphatic heterocycles. The lowest BCUT2D eigenvalue weighted by atomic mass is 10.0. The van der Waals surface area contributed by atoms with Gasteiger partial charge in [0.15, 0.2) is 0 Å². The fourth-order valence-corrected chi connectivity index (χ4v) is 3.44. The Balaban J connectivity index is 2.24. The molecule has 1 aromatic rings. The van der Waals surface area contributed by atoms with Crippen LogP contribution in [0.2, 0.25) is 0 Å². The van der Waals surface area contributed by atoms with E-state index in [0.29, 0.717) is 0 Å². The van der Waals surface area contributed by atoms with Gasteiger partial charge < -0.3 is 4.90 Å². The molecule has 0 saturated carbocycles. The minimum atomic E-state index is -0.201. The van der Waals surface area contributed by atoms with Crippen LogP contribution in [0.15, 0.2) is 36.9 Å². The number of likely N-dealkylation sites (N-methyl/N-ethyl adjacent to an activating group) is 1. The Kier molecular flexibility index (Phi) is 5.35. The standard InChI is InChI=1S/C18H25FN2O/c1-5-11-21-17(13(2)20(4)14(3)22)9-10-18(21)15-7-6-8-16(19)12-15/h5-8,12-13,17-18H,1,9-11H2,2-4H3/t13-,17+,18-/m0/s1. The van der Waals surface area contributed by atoms with Crippen molar-refractivity contribution in [3.05, 3.63) is 48.3 Å². The van der Waals surface area contributed by atoms with Crippen molar-refractivity contribution in [1.29, 1.82) is 0 Å². The quantitative estimate of drug-likeness (QED) is 0.779. The van der Waals surface area contributed by atoms with Crippen molar-refractivity contribution in [3.8, 4) is 0 Å². The lowest BCUT2D eigenvalue weighted by Crippen LogP contribution is -2.48. The first kappa shape index (κ1) is 16.7. The van der Waals surface area contributed by atoms with Crippen molar-refractivity contribution in [2.24, 2.45) is 0 Å². The van der Waals surface area contributed by atoms with Crippen molar-refractivity contribution in [2.75, 3.05) is 13.6 Å². The van der Waals surface area contributed by atoms with Gasteiger partial charge in [-0.25, -0.2) is 4.39 Å². The third kappa shape index (κ3) is 3.38. The topological polar surface area (TPSA) is 23.6 Å². The molecule has 22 heavy (non-hydrogen) atoms. The molecule has 0 bridgehead atoms. The molecular formula is C18H25FN2O. The molecule has 3 atom stereocenters. The Bertz CT molecular complexity index is 546. The average Bonchev–Trinajstić information content (AvgIpc) is 2.89. The Labute approximate surface area is 132 Å². The maximum Gasteiger partial charge on any atom is 0.219 e. The van der Waals surface area contributed by atoms with Gasteiger partial charge in [-0.2, -0.15) is 0 Å². The summed E-state index contributed by atoms with van der Waals surface area (Å²) < 4.78 is 13.5. The van der Waals surface area contributed by atoms with Crippen LogP contribution >= 0.6 is 0 Å². The van der Waals surface area contributed by atoms with E-state index in [1.807, 2.05) is 19.2 Å². The van der Waals surface area contributed by atoms with Gasteiger partial charge in [0.2, 0.25) is 5.91 Å². The molecule has 1 aliphatic rings. The van der Waals surface area contributed by atoms with Crippen molar-refractivity contribution in [1.82, 2.24) is 9.80 Å². The van der Waals surface area contributed by atoms with E-state index < -0.39 is 0 Å². The molecule has 0 spiro atoms. The third-order valence-corrected chi connectivity index (χ3v) is 4.80. The highest BCUT2D eigenvalue weighted by molar-refractivity contribution is 5.73. The zero-order valence-electron chi connectivity index (χ0n) is 13.6. The second-order valence-corrected chi connectivity index (χ2v) is 6.07. The smallest absolute Gasteiger partial charge is 0.219 e. The van der Waals surface area contributed by atoms with Gasteiger partial charge in [-0.1, -0.05) is 18.2 Å². The van der Waals surface area contributed by atoms with Crippen LogP contribution in [-0.4, -0.2) is 41.4 Å². The summed E-state index contributed by atoms with van der Waals surface area (Å²) in [6.45, 7) is 8.26. The second-order valence-electron chi connectivity index (χ2n) is 6.07. The number of halogens is 1. The van der Waals surface area contributed by atoms with E-state index in [-0.39, 0.29) is 29.8 Å². The predicted molar refractivity (Wildman–Crippen MR) is 87.0 cm³/mol. The van der Waals surface area contributed by atoms with E-state index in [0.717, 1.165) is 24.9 Å². The van der Waals surface area contributed by atoms with Crippen LogP contribution in [0.1, 0.15) is 38.3 Å². The van der Waals surface area contributed by atoms with Crippen molar-refractivity contribution < 1.29 is 9.18 Å². The molecule has 3 nitrogen and oxygen atoms in total. The molecular weight excluding hydrogens is 279 g/mol. The first-order chi connectivity index (χ1) is 10.5. The average molecular weight is 304 g/mol. The molecule has 0 N–H and O–H groups in total. The number of benzene rings is 1. The summed E-state index contributed by atoms with van der Waals surface area (Å²) in [5, 5.41) is 0. The van der Waals surface area contributed by atoms with Crippen LogP contribution in [0.25, 0.3) is 0 Å². The number of hydrogen-bond donors (Lipinski definition) is 0.